The molecule has 2 aromatic rings. The van der Waals surface area contributed by atoms with E-state index in [9.17, 15) is 4.89 Å². The van der Waals surface area contributed by atoms with E-state index in [0.717, 1.165) is 10.9 Å². The van der Waals surface area contributed by atoms with Crippen LogP contribution >= 0.6 is 18.7 Å². The van der Waals surface area contributed by atoms with Gasteiger partial charge in [0.25, 0.3) is 0 Å². The second-order valence-electron chi connectivity index (χ2n) is 10.5. The zero-order chi connectivity index (χ0) is 20.8. The summed E-state index contributed by atoms with van der Waals surface area (Å²) >= 11 is 6.22. The fraction of sp³-hybridized carbons (Fsp3) is 0.500. The van der Waals surface area contributed by atoms with Crippen LogP contribution in [0, 0.1) is 0 Å². The number of hydrogen-bond donors (Lipinski definition) is 1. The van der Waals surface area contributed by atoms with Crippen molar-refractivity contribution in [3.05, 3.63) is 53.1 Å². The molecule has 1 nitrogen and oxygen atoms in total. The predicted octanol–water partition coefficient (Wildman–Crippen LogP) is 7.41. The second kappa shape index (κ2) is 7.51. The van der Waals surface area contributed by atoms with Crippen molar-refractivity contribution in [3.8, 4) is 11.1 Å². The van der Waals surface area contributed by atoms with Gasteiger partial charge in [-0.1, -0.05) is 110 Å². The molecular weight excluding hydrogens is 371 g/mol. The molecule has 0 aliphatic heterocycles. The molecule has 1 unspecified atom stereocenters. The Labute approximate surface area is 171 Å². The van der Waals surface area contributed by atoms with Crippen LogP contribution in [0.15, 0.2) is 36.4 Å². The van der Waals surface area contributed by atoms with E-state index >= 15 is 0 Å². The third kappa shape index (κ3) is 4.94. The van der Waals surface area contributed by atoms with Crippen molar-refractivity contribution < 1.29 is 4.89 Å². The Balaban J connectivity index is 3.04. The van der Waals surface area contributed by atoms with Crippen molar-refractivity contribution in [3.63, 3.8) is 0 Å². The maximum atomic E-state index is 10.3. The van der Waals surface area contributed by atoms with E-state index in [1.807, 2.05) is 18.2 Å². The minimum Gasteiger partial charge on any atom is -0.356 e. The molecule has 27 heavy (non-hydrogen) atoms. The van der Waals surface area contributed by atoms with Gasteiger partial charge in [-0.2, -0.15) is 0 Å². The van der Waals surface area contributed by atoms with Crippen molar-refractivity contribution in [1.29, 1.82) is 0 Å². The fourth-order valence-electron chi connectivity index (χ4n) is 3.39. The Hall–Kier alpha value is -0.880. The predicted molar refractivity (Wildman–Crippen MR) is 123 cm³/mol. The van der Waals surface area contributed by atoms with Crippen molar-refractivity contribution >= 4 is 24.0 Å². The van der Waals surface area contributed by atoms with Crippen LogP contribution in [0.2, 0.25) is 0 Å². The zero-order valence-corrected chi connectivity index (χ0v) is 19.9. The second-order valence-corrected chi connectivity index (χ2v) is 12.4. The minimum atomic E-state index is -1.69. The van der Waals surface area contributed by atoms with Crippen LogP contribution in [0.4, 0.5) is 0 Å². The molecule has 1 atom stereocenters. The standard InChI is InChI=1S/C24H34ClOP/c1-22(2,3)16-14-18(23(4,5)6)21(19(15-16)24(7,8)9)17-12-10-11-13-20(17)27(25)26/h10-15,26H,1-9H3. The maximum Gasteiger partial charge on any atom is 0.155 e. The Morgan fingerprint density at radius 1 is 0.741 bits per heavy atom. The van der Waals surface area contributed by atoms with Gasteiger partial charge in [-0.25, -0.2) is 0 Å². The number of halogens is 1. The van der Waals surface area contributed by atoms with Crippen LogP contribution in [0.1, 0.15) is 79.0 Å². The molecule has 0 saturated heterocycles. The lowest BCUT2D eigenvalue weighted by Gasteiger charge is -2.34. The topological polar surface area (TPSA) is 20.2 Å². The van der Waals surface area contributed by atoms with Gasteiger partial charge in [-0.05, 0) is 44.1 Å². The molecule has 0 saturated carbocycles. The lowest BCUT2D eigenvalue weighted by molar-refractivity contribution is 0.550. The summed E-state index contributed by atoms with van der Waals surface area (Å²) in [6.07, 6.45) is 0. The highest BCUT2D eigenvalue weighted by molar-refractivity contribution is 7.85. The molecule has 2 rings (SSSR count). The van der Waals surface area contributed by atoms with Crippen LogP contribution in [-0.2, 0) is 16.2 Å². The Morgan fingerprint density at radius 2 is 1.19 bits per heavy atom. The first-order chi connectivity index (χ1) is 12.1. The SMILES string of the molecule is CC(C)(C)c1cc(C(C)(C)C)c(-c2ccccc2P(O)Cl)c(C(C)(C)C)c1. The number of rotatable bonds is 2. The van der Waals surface area contributed by atoms with Gasteiger partial charge in [0, 0.05) is 5.30 Å². The fourth-order valence-corrected chi connectivity index (χ4v) is 4.43. The Bertz CT molecular complexity index is 782. The largest absolute Gasteiger partial charge is 0.356 e. The van der Waals surface area contributed by atoms with Crippen molar-refractivity contribution in [2.24, 2.45) is 0 Å². The summed E-state index contributed by atoms with van der Waals surface area (Å²) < 4.78 is 0. The third-order valence-corrected chi connectivity index (χ3v) is 6.33. The molecule has 2 aromatic carbocycles. The van der Waals surface area contributed by atoms with E-state index < -0.39 is 7.50 Å². The summed E-state index contributed by atoms with van der Waals surface area (Å²) in [4.78, 5) is 10.3. The first-order valence-corrected chi connectivity index (χ1v) is 11.8. The normalized spacial score (nSPS) is 14.3. The first-order valence-electron chi connectivity index (χ1n) is 9.57. The molecule has 1 N–H and O–H groups in total. The van der Waals surface area contributed by atoms with Crippen molar-refractivity contribution in [1.82, 2.24) is 0 Å². The summed E-state index contributed by atoms with van der Waals surface area (Å²) in [5, 5.41) is 0.827. The zero-order valence-electron chi connectivity index (χ0n) is 18.2. The van der Waals surface area contributed by atoms with Gasteiger partial charge < -0.3 is 4.89 Å². The summed E-state index contributed by atoms with van der Waals surface area (Å²) in [7, 11) is -1.69. The van der Waals surface area contributed by atoms with Gasteiger partial charge in [0.15, 0.2) is 7.50 Å². The molecule has 3 heteroatoms. The van der Waals surface area contributed by atoms with Crippen LogP contribution in [0.5, 0.6) is 0 Å². The van der Waals surface area contributed by atoms with E-state index in [1.54, 1.807) is 0 Å². The molecule has 0 aliphatic rings. The Kier molecular flexibility index (Phi) is 6.23. The van der Waals surface area contributed by atoms with Gasteiger partial charge in [0.2, 0.25) is 0 Å². The summed E-state index contributed by atoms with van der Waals surface area (Å²) in [6.45, 7) is 20.4. The molecule has 0 radical (unpaired) electrons. The van der Waals surface area contributed by atoms with Gasteiger partial charge in [0.1, 0.15) is 0 Å². The highest BCUT2D eigenvalue weighted by Crippen LogP contribution is 2.46. The molecule has 0 heterocycles. The molecule has 0 aromatic heterocycles. The van der Waals surface area contributed by atoms with Crippen molar-refractivity contribution in [2.45, 2.75) is 78.6 Å². The highest BCUT2D eigenvalue weighted by Gasteiger charge is 2.31. The quantitative estimate of drug-likeness (QED) is 0.516. The average Bonchev–Trinajstić information content (AvgIpc) is 2.51. The Morgan fingerprint density at radius 3 is 1.56 bits per heavy atom. The average molecular weight is 405 g/mol. The van der Waals surface area contributed by atoms with Gasteiger partial charge >= 0.3 is 0 Å². The lowest BCUT2D eigenvalue weighted by atomic mass is 9.71. The molecule has 0 aliphatic carbocycles. The summed E-state index contributed by atoms with van der Waals surface area (Å²) in [6, 6.07) is 12.7. The molecule has 0 amide bonds. The van der Waals surface area contributed by atoms with E-state index in [0.29, 0.717) is 0 Å². The van der Waals surface area contributed by atoms with Crippen molar-refractivity contribution in [2.75, 3.05) is 0 Å². The van der Waals surface area contributed by atoms with Gasteiger partial charge in [-0.15, -0.1) is 0 Å². The lowest BCUT2D eigenvalue weighted by Crippen LogP contribution is -2.24. The molecule has 0 spiro atoms. The smallest absolute Gasteiger partial charge is 0.155 e. The number of hydrogen-bond acceptors (Lipinski definition) is 1. The van der Waals surface area contributed by atoms with Crippen LogP contribution in [0.3, 0.4) is 0 Å². The van der Waals surface area contributed by atoms with Crippen LogP contribution in [0.25, 0.3) is 11.1 Å². The van der Waals surface area contributed by atoms with Crippen LogP contribution in [-0.4, -0.2) is 4.89 Å². The van der Waals surface area contributed by atoms with Gasteiger partial charge in [-0.3, -0.25) is 0 Å². The highest BCUT2D eigenvalue weighted by atomic mass is 35.7. The summed E-state index contributed by atoms with van der Waals surface area (Å²) in [5.74, 6) is 0. The number of benzene rings is 2. The monoisotopic (exact) mass is 404 g/mol. The molecule has 0 fully saturated rings. The van der Waals surface area contributed by atoms with E-state index in [4.69, 9.17) is 11.2 Å². The van der Waals surface area contributed by atoms with E-state index in [-0.39, 0.29) is 16.2 Å². The molecule has 148 valence electrons. The van der Waals surface area contributed by atoms with E-state index in [1.165, 1.54) is 22.3 Å². The third-order valence-electron chi connectivity index (χ3n) is 4.99. The van der Waals surface area contributed by atoms with E-state index in [2.05, 4.69) is 80.5 Å². The van der Waals surface area contributed by atoms with Crippen LogP contribution < -0.4 is 5.30 Å². The maximum absolute atomic E-state index is 10.3. The van der Waals surface area contributed by atoms with Gasteiger partial charge in [0.05, 0.1) is 0 Å². The molecular formula is C24H34ClOP. The first kappa shape index (κ1) is 22.4. The molecule has 0 bridgehead atoms. The minimum absolute atomic E-state index is 0.0335. The summed E-state index contributed by atoms with van der Waals surface area (Å²) in [5.41, 5.74) is 6.23.